The third-order valence-electron chi connectivity index (χ3n) is 2.90. The molecule has 88 valence electrons. The van der Waals surface area contributed by atoms with Gasteiger partial charge in [-0.1, -0.05) is 35.9 Å². The summed E-state index contributed by atoms with van der Waals surface area (Å²) >= 11 is 0. The molecule has 0 aromatic heterocycles. The van der Waals surface area contributed by atoms with Gasteiger partial charge in [-0.15, -0.1) is 0 Å². The zero-order valence-electron chi connectivity index (χ0n) is 10.3. The summed E-state index contributed by atoms with van der Waals surface area (Å²) in [7, 11) is 0. The number of nitrogens with two attached hydrogens (primary N) is 1. The second kappa shape index (κ2) is 4.91. The third-order valence-corrected chi connectivity index (χ3v) is 2.90. The molecule has 2 rings (SSSR count). The number of benzene rings is 2. The number of hydrogen-bond donors (Lipinski definition) is 2. The highest BCUT2D eigenvalue weighted by molar-refractivity contribution is 5.58. The van der Waals surface area contributed by atoms with Crippen molar-refractivity contribution in [3.05, 3.63) is 59.2 Å². The highest BCUT2D eigenvalue weighted by Gasteiger charge is 1.97. The minimum Gasteiger partial charge on any atom is -0.398 e. The van der Waals surface area contributed by atoms with Crippen molar-refractivity contribution in [3.8, 4) is 0 Å². The summed E-state index contributed by atoms with van der Waals surface area (Å²) in [5.41, 5.74) is 11.4. The van der Waals surface area contributed by atoms with Gasteiger partial charge < -0.3 is 11.1 Å². The molecule has 3 N–H and O–H groups in total. The molecule has 17 heavy (non-hydrogen) atoms. The largest absolute Gasteiger partial charge is 0.398 e. The Balaban J connectivity index is 2.02. The van der Waals surface area contributed by atoms with E-state index < -0.39 is 0 Å². The van der Waals surface area contributed by atoms with Gasteiger partial charge >= 0.3 is 0 Å². The molecule has 0 amide bonds. The van der Waals surface area contributed by atoms with Gasteiger partial charge in [0.15, 0.2) is 0 Å². The third kappa shape index (κ3) is 3.00. The number of hydrogen-bond acceptors (Lipinski definition) is 2. The van der Waals surface area contributed by atoms with Crippen LogP contribution in [0.1, 0.15) is 16.7 Å². The highest BCUT2D eigenvalue weighted by atomic mass is 14.9. The normalized spacial score (nSPS) is 10.2. The van der Waals surface area contributed by atoms with E-state index >= 15 is 0 Å². The molecule has 2 aromatic rings. The number of aryl methyl sites for hydroxylation is 2. The fraction of sp³-hybridized carbons (Fsp3) is 0.200. The molecule has 0 aliphatic heterocycles. The maximum atomic E-state index is 5.87. The molecule has 0 saturated carbocycles. The number of nitrogen functional groups attached to an aromatic ring is 1. The molecule has 0 bridgehead atoms. The molecular formula is C15H18N2. The second-order valence-electron chi connectivity index (χ2n) is 4.41. The first-order valence-electron chi connectivity index (χ1n) is 5.81. The molecule has 0 heterocycles. The summed E-state index contributed by atoms with van der Waals surface area (Å²) in [6.45, 7) is 4.93. The van der Waals surface area contributed by atoms with Crippen molar-refractivity contribution in [3.63, 3.8) is 0 Å². The molecule has 2 nitrogen and oxygen atoms in total. The van der Waals surface area contributed by atoms with Gasteiger partial charge in [-0.3, -0.25) is 0 Å². The molecule has 0 atom stereocenters. The van der Waals surface area contributed by atoms with Gasteiger partial charge in [-0.2, -0.15) is 0 Å². The van der Waals surface area contributed by atoms with Crippen LogP contribution in [0.15, 0.2) is 42.5 Å². The predicted octanol–water partition coefficient (Wildman–Crippen LogP) is 3.50. The standard InChI is InChI=1S/C15H18N2/c1-11-3-6-13(7-4-11)10-17-14-8-5-12(2)15(16)9-14/h3-9,17H,10,16H2,1-2H3. The molecule has 0 fully saturated rings. The number of nitrogens with one attached hydrogen (secondary N) is 1. The van der Waals surface area contributed by atoms with Crippen LogP contribution in [0.25, 0.3) is 0 Å². The van der Waals surface area contributed by atoms with Crippen LogP contribution in [0, 0.1) is 13.8 Å². The van der Waals surface area contributed by atoms with E-state index in [1.165, 1.54) is 11.1 Å². The summed E-state index contributed by atoms with van der Waals surface area (Å²) < 4.78 is 0. The van der Waals surface area contributed by atoms with Gasteiger partial charge in [0.05, 0.1) is 0 Å². The smallest absolute Gasteiger partial charge is 0.0400 e. The van der Waals surface area contributed by atoms with Gasteiger partial charge in [-0.05, 0) is 37.1 Å². The average molecular weight is 226 g/mol. The quantitative estimate of drug-likeness (QED) is 0.786. The van der Waals surface area contributed by atoms with E-state index in [1.807, 2.05) is 19.1 Å². The van der Waals surface area contributed by atoms with Crippen molar-refractivity contribution in [1.29, 1.82) is 0 Å². The van der Waals surface area contributed by atoms with E-state index in [4.69, 9.17) is 5.73 Å². The second-order valence-corrected chi connectivity index (χ2v) is 4.41. The van der Waals surface area contributed by atoms with Gasteiger partial charge in [0.2, 0.25) is 0 Å². The van der Waals surface area contributed by atoms with E-state index in [0.29, 0.717) is 0 Å². The van der Waals surface area contributed by atoms with Crippen molar-refractivity contribution in [2.45, 2.75) is 20.4 Å². The Morgan fingerprint density at radius 3 is 2.35 bits per heavy atom. The Labute approximate surface area is 102 Å². The Morgan fingerprint density at radius 2 is 1.71 bits per heavy atom. The lowest BCUT2D eigenvalue weighted by atomic mass is 10.1. The fourth-order valence-electron chi connectivity index (χ4n) is 1.66. The Morgan fingerprint density at radius 1 is 1.00 bits per heavy atom. The zero-order valence-corrected chi connectivity index (χ0v) is 10.3. The number of anilines is 2. The molecule has 0 aliphatic carbocycles. The SMILES string of the molecule is Cc1ccc(CNc2ccc(C)c(N)c2)cc1. The van der Waals surface area contributed by atoms with E-state index in [9.17, 15) is 0 Å². The zero-order chi connectivity index (χ0) is 12.3. The monoisotopic (exact) mass is 226 g/mol. The lowest BCUT2D eigenvalue weighted by Gasteiger charge is -2.08. The molecule has 2 aromatic carbocycles. The lowest BCUT2D eigenvalue weighted by molar-refractivity contribution is 1.14. The van der Waals surface area contributed by atoms with Gasteiger partial charge in [0.25, 0.3) is 0 Å². The minimum atomic E-state index is 0.822. The Bertz CT molecular complexity index is 501. The van der Waals surface area contributed by atoms with Crippen LogP contribution in [-0.2, 0) is 6.54 Å². The van der Waals surface area contributed by atoms with E-state index in [1.54, 1.807) is 0 Å². The highest BCUT2D eigenvalue weighted by Crippen LogP contribution is 2.17. The van der Waals surface area contributed by atoms with Crippen LogP contribution < -0.4 is 11.1 Å². The van der Waals surface area contributed by atoms with Crippen molar-refractivity contribution >= 4 is 11.4 Å². The predicted molar refractivity (Wildman–Crippen MR) is 74.1 cm³/mol. The molecule has 0 saturated heterocycles. The fourth-order valence-corrected chi connectivity index (χ4v) is 1.66. The molecule has 0 spiro atoms. The molecule has 0 unspecified atom stereocenters. The first-order valence-corrected chi connectivity index (χ1v) is 5.81. The van der Waals surface area contributed by atoms with E-state index in [-0.39, 0.29) is 0 Å². The van der Waals surface area contributed by atoms with Crippen LogP contribution in [0.5, 0.6) is 0 Å². The molecule has 0 aliphatic rings. The van der Waals surface area contributed by atoms with E-state index in [0.717, 1.165) is 23.5 Å². The van der Waals surface area contributed by atoms with Gasteiger partial charge in [0.1, 0.15) is 0 Å². The maximum absolute atomic E-state index is 5.87. The molecular weight excluding hydrogens is 208 g/mol. The van der Waals surface area contributed by atoms with Gasteiger partial charge in [0, 0.05) is 17.9 Å². The topological polar surface area (TPSA) is 38.0 Å². The van der Waals surface area contributed by atoms with Crippen molar-refractivity contribution in [1.82, 2.24) is 0 Å². The lowest BCUT2D eigenvalue weighted by Crippen LogP contribution is -2.00. The maximum Gasteiger partial charge on any atom is 0.0400 e. The van der Waals surface area contributed by atoms with E-state index in [2.05, 4.69) is 42.6 Å². The van der Waals surface area contributed by atoms with Crippen LogP contribution in [0.2, 0.25) is 0 Å². The van der Waals surface area contributed by atoms with Crippen molar-refractivity contribution in [2.24, 2.45) is 0 Å². The summed E-state index contributed by atoms with van der Waals surface area (Å²) in [5, 5.41) is 3.37. The average Bonchev–Trinajstić information content (AvgIpc) is 2.33. The molecule has 0 radical (unpaired) electrons. The van der Waals surface area contributed by atoms with Crippen LogP contribution in [0.4, 0.5) is 11.4 Å². The van der Waals surface area contributed by atoms with Crippen molar-refractivity contribution in [2.75, 3.05) is 11.1 Å². The van der Waals surface area contributed by atoms with Crippen LogP contribution >= 0.6 is 0 Å². The first-order chi connectivity index (χ1) is 8.15. The summed E-state index contributed by atoms with van der Waals surface area (Å²) in [4.78, 5) is 0. The summed E-state index contributed by atoms with van der Waals surface area (Å²) in [6.07, 6.45) is 0. The summed E-state index contributed by atoms with van der Waals surface area (Å²) in [6, 6.07) is 14.6. The minimum absolute atomic E-state index is 0.822. The van der Waals surface area contributed by atoms with Gasteiger partial charge in [-0.25, -0.2) is 0 Å². The summed E-state index contributed by atoms with van der Waals surface area (Å²) in [5.74, 6) is 0. The van der Waals surface area contributed by atoms with Crippen molar-refractivity contribution < 1.29 is 0 Å². The number of rotatable bonds is 3. The Hall–Kier alpha value is -1.96. The first kappa shape index (κ1) is 11.5. The van der Waals surface area contributed by atoms with Crippen LogP contribution in [-0.4, -0.2) is 0 Å². The molecule has 2 heteroatoms. The Kier molecular flexibility index (Phi) is 3.33. The van der Waals surface area contributed by atoms with Crippen LogP contribution in [0.3, 0.4) is 0 Å².